The van der Waals surface area contributed by atoms with Crippen molar-refractivity contribution in [2.24, 2.45) is 0 Å². The van der Waals surface area contributed by atoms with E-state index < -0.39 is 0 Å². The first-order valence-electron chi connectivity index (χ1n) is 9.23. The second-order valence-electron chi connectivity index (χ2n) is 7.41. The summed E-state index contributed by atoms with van der Waals surface area (Å²) in [5, 5.41) is 16.0. The molecule has 0 aliphatic carbocycles. The molecule has 0 amide bonds. The van der Waals surface area contributed by atoms with E-state index in [-0.39, 0.29) is 23.8 Å². The number of hydrogen-bond acceptors (Lipinski definition) is 3. The molecule has 138 valence electrons. The van der Waals surface area contributed by atoms with Crippen molar-refractivity contribution >= 4 is 38.2 Å². The molecule has 0 bridgehead atoms. The quantitative estimate of drug-likeness (QED) is 0.350. The molecule has 0 saturated heterocycles. The highest BCUT2D eigenvalue weighted by atomic mass is 79.9. The van der Waals surface area contributed by atoms with E-state index in [4.69, 9.17) is 0 Å². The molecule has 3 N–H and O–H groups in total. The maximum absolute atomic E-state index is 13.5. The predicted octanol–water partition coefficient (Wildman–Crippen LogP) is 5.88. The summed E-state index contributed by atoms with van der Waals surface area (Å²) < 4.78 is 14.6. The van der Waals surface area contributed by atoms with E-state index in [2.05, 4.69) is 67.1 Å². The molecule has 0 fully saturated rings. The monoisotopic (exact) mass is 434 g/mol. The van der Waals surface area contributed by atoms with Gasteiger partial charge in [0.1, 0.15) is 5.82 Å². The maximum atomic E-state index is 13.5. The van der Waals surface area contributed by atoms with Gasteiger partial charge in [0, 0.05) is 32.7 Å². The number of nitrogens with zero attached hydrogens (tertiary/aromatic N) is 1. The first-order valence-corrected chi connectivity index (χ1v) is 10.0. The Balaban J connectivity index is 1.59. The minimum atomic E-state index is -0.219. The van der Waals surface area contributed by atoms with Crippen molar-refractivity contribution < 1.29 is 4.39 Å². The first-order chi connectivity index (χ1) is 13.7. The molecular weight excluding hydrogens is 419 g/mol. The molecule has 6 rings (SSSR count). The lowest BCUT2D eigenvalue weighted by Gasteiger charge is -2.38. The van der Waals surface area contributed by atoms with Gasteiger partial charge in [-0.05, 0) is 53.6 Å². The Kier molecular flexibility index (Phi) is 3.35. The molecule has 3 atom stereocenters. The molecule has 2 aliphatic rings. The molecule has 4 aromatic rings. The van der Waals surface area contributed by atoms with Crippen LogP contribution in [0.4, 0.5) is 15.8 Å². The number of aromatic nitrogens is 2. The summed E-state index contributed by atoms with van der Waals surface area (Å²) in [6.45, 7) is 0. The van der Waals surface area contributed by atoms with Crippen molar-refractivity contribution in [3.8, 4) is 0 Å². The molecule has 2 aliphatic heterocycles. The van der Waals surface area contributed by atoms with Crippen molar-refractivity contribution in [1.29, 1.82) is 0 Å². The van der Waals surface area contributed by atoms with Crippen LogP contribution < -0.4 is 10.6 Å². The Labute approximate surface area is 169 Å². The number of anilines is 2. The normalized spacial score (nSPS) is 22.1. The predicted molar refractivity (Wildman–Crippen MR) is 112 cm³/mol. The Morgan fingerprint density at radius 3 is 2.54 bits per heavy atom. The van der Waals surface area contributed by atoms with E-state index in [1.165, 1.54) is 23.3 Å². The third-order valence-corrected chi connectivity index (χ3v) is 6.40. The van der Waals surface area contributed by atoms with Gasteiger partial charge in [-0.1, -0.05) is 28.1 Å². The van der Waals surface area contributed by atoms with Crippen LogP contribution in [0.3, 0.4) is 0 Å². The second kappa shape index (κ2) is 5.82. The number of benzene rings is 3. The zero-order chi connectivity index (χ0) is 18.8. The van der Waals surface area contributed by atoms with Crippen molar-refractivity contribution in [1.82, 2.24) is 10.2 Å². The molecule has 4 nitrogen and oxygen atoms in total. The van der Waals surface area contributed by atoms with Crippen molar-refractivity contribution in [3.05, 3.63) is 87.8 Å². The SMILES string of the molecule is Fc1ccc([C@@H]2Nc3ccc4cn[nH]c4c3[C@H]3Nc4ccc(Br)cc4[C@H]32)cc1. The Bertz CT molecular complexity index is 1220. The average Bonchev–Trinajstić information content (AvgIpc) is 3.32. The zero-order valence-electron chi connectivity index (χ0n) is 14.7. The van der Waals surface area contributed by atoms with E-state index >= 15 is 0 Å². The van der Waals surface area contributed by atoms with Gasteiger partial charge < -0.3 is 10.6 Å². The lowest BCUT2D eigenvalue weighted by molar-refractivity contribution is 0.521. The molecule has 3 heterocycles. The maximum Gasteiger partial charge on any atom is 0.123 e. The van der Waals surface area contributed by atoms with Gasteiger partial charge in [-0.15, -0.1) is 0 Å². The zero-order valence-corrected chi connectivity index (χ0v) is 16.3. The second-order valence-corrected chi connectivity index (χ2v) is 8.33. The van der Waals surface area contributed by atoms with Crippen LogP contribution in [0.5, 0.6) is 0 Å². The van der Waals surface area contributed by atoms with Gasteiger partial charge in [0.15, 0.2) is 0 Å². The standard InChI is InChI=1S/C22H16BrFN4/c23-13-4-8-16-15(9-13)18-20(11-1-5-14(24)6-2-11)27-17-7-3-12-10-25-28-21(12)19(17)22(18)26-16/h1-10,18,20,22,26-27H,(H,25,28)/t18-,20-,22-/m0/s1. The number of hydrogen-bond donors (Lipinski definition) is 3. The molecular formula is C22H16BrFN4. The first kappa shape index (κ1) is 16.1. The molecule has 0 unspecified atom stereocenters. The average molecular weight is 435 g/mol. The fraction of sp³-hybridized carbons (Fsp3) is 0.136. The van der Waals surface area contributed by atoms with Crippen LogP contribution in [0.25, 0.3) is 10.9 Å². The van der Waals surface area contributed by atoms with E-state index in [0.29, 0.717) is 0 Å². The Morgan fingerprint density at radius 1 is 0.893 bits per heavy atom. The van der Waals surface area contributed by atoms with Crippen LogP contribution in [0, 0.1) is 5.82 Å². The van der Waals surface area contributed by atoms with E-state index in [1.807, 2.05) is 18.3 Å². The number of rotatable bonds is 1. The fourth-order valence-corrected chi connectivity index (χ4v) is 5.08. The van der Waals surface area contributed by atoms with Gasteiger partial charge in [-0.25, -0.2) is 4.39 Å². The van der Waals surface area contributed by atoms with Crippen molar-refractivity contribution in [2.75, 3.05) is 10.6 Å². The molecule has 6 heteroatoms. The summed E-state index contributed by atoms with van der Waals surface area (Å²) in [5.41, 5.74) is 6.79. The van der Waals surface area contributed by atoms with Crippen LogP contribution >= 0.6 is 15.9 Å². The van der Waals surface area contributed by atoms with Crippen LogP contribution in [-0.4, -0.2) is 10.2 Å². The third kappa shape index (κ3) is 2.24. The van der Waals surface area contributed by atoms with Gasteiger partial charge in [-0.3, -0.25) is 5.10 Å². The van der Waals surface area contributed by atoms with Crippen molar-refractivity contribution in [3.63, 3.8) is 0 Å². The minimum Gasteiger partial charge on any atom is -0.377 e. The third-order valence-electron chi connectivity index (χ3n) is 5.91. The van der Waals surface area contributed by atoms with Gasteiger partial charge in [-0.2, -0.15) is 5.10 Å². The highest BCUT2D eigenvalue weighted by molar-refractivity contribution is 9.10. The lowest BCUT2D eigenvalue weighted by Crippen LogP contribution is -2.30. The van der Waals surface area contributed by atoms with Crippen molar-refractivity contribution in [2.45, 2.75) is 18.0 Å². The number of fused-ring (bicyclic) bond motifs is 7. The van der Waals surface area contributed by atoms with E-state index in [9.17, 15) is 4.39 Å². The summed E-state index contributed by atoms with van der Waals surface area (Å²) in [6.07, 6.45) is 1.86. The van der Waals surface area contributed by atoms with Gasteiger partial charge in [0.2, 0.25) is 0 Å². The topological polar surface area (TPSA) is 52.7 Å². The summed E-state index contributed by atoms with van der Waals surface area (Å²) in [6, 6.07) is 17.5. The largest absolute Gasteiger partial charge is 0.377 e. The molecule has 0 radical (unpaired) electrons. The summed E-state index contributed by atoms with van der Waals surface area (Å²) in [5.74, 6) is -0.0530. The highest BCUT2D eigenvalue weighted by Crippen LogP contribution is 2.57. The summed E-state index contributed by atoms with van der Waals surface area (Å²) in [7, 11) is 0. The highest BCUT2D eigenvalue weighted by Gasteiger charge is 2.44. The van der Waals surface area contributed by atoms with Gasteiger partial charge in [0.25, 0.3) is 0 Å². The molecule has 1 aromatic heterocycles. The Hall–Kier alpha value is -2.86. The van der Waals surface area contributed by atoms with Crippen LogP contribution in [-0.2, 0) is 0 Å². The smallest absolute Gasteiger partial charge is 0.123 e. The summed E-state index contributed by atoms with van der Waals surface area (Å²) >= 11 is 3.62. The Morgan fingerprint density at radius 2 is 1.68 bits per heavy atom. The lowest BCUT2D eigenvalue weighted by atomic mass is 9.77. The van der Waals surface area contributed by atoms with E-state index in [1.54, 1.807) is 0 Å². The number of nitrogens with one attached hydrogen (secondary N) is 3. The van der Waals surface area contributed by atoms with Crippen LogP contribution in [0.2, 0.25) is 0 Å². The molecule has 0 saturated carbocycles. The van der Waals surface area contributed by atoms with Crippen LogP contribution in [0.15, 0.2) is 65.3 Å². The molecule has 0 spiro atoms. The van der Waals surface area contributed by atoms with Gasteiger partial charge in [0.05, 0.1) is 23.8 Å². The number of H-pyrrole nitrogens is 1. The fourth-order valence-electron chi connectivity index (χ4n) is 4.70. The number of halogens is 2. The summed E-state index contributed by atoms with van der Waals surface area (Å²) in [4.78, 5) is 0. The van der Waals surface area contributed by atoms with Gasteiger partial charge >= 0.3 is 0 Å². The molecule has 3 aromatic carbocycles. The minimum absolute atomic E-state index is 0.0292. The van der Waals surface area contributed by atoms with Crippen LogP contribution in [0.1, 0.15) is 34.7 Å². The van der Waals surface area contributed by atoms with E-state index in [0.717, 1.165) is 32.3 Å². The molecule has 28 heavy (non-hydrogen) atoms. The number of aromatic amines is 1.